The average Bonchev–Trinajstić information content (AvgIpc) is 3.21. The molecule has 3 aromatic rings. The van der Waals surface area contributed by atoms with Crippen LogP contribution < -0.4 is 14.5 Å². The standard InChI is InChI=1S/C22H25N3O2S/c1-24(2)14-7-15-25(21(26)18-10-12-19(27-3)13-11-18)22-23-20(16-28-22)17-8-5-4-6-9-17/h4-6,8-13,16H,7,14-15H2,1-3H3/p+1. The van der Waals surface area contributed by atoms with Crippen LogP contribution in [0, 0.1) is 0 Å². The van der Waals surface area contributed by atoms with Gasteiger partial charge in [0.05, 0.1) is 33.4 Å². The fraction of sp³-hybridized carbons (Fsp3) is 0.273. The predicted octanol–water partition coefficient (Wildman–Crippen LogP) is 3.00. The maximum absolute atomic E-state index is 13.2. The molecule has 5 nitrogen and oxygen atoms in total. The molecule has 6 heteroatoms. The van der Waals surface area contributed by atoms with E-state index in [0.717, 1.165) is 35.1 Å². The van der Waals surface area contributed by atoms with Crippen molar-refractivity contribution in [3.63, 3.8) is 0 Å². The van der Waals surface area contributed by atoms with Gasteiger partial charge in [0.15, 0.2) is 5.13 Å². The lowest BCUT2D eigenvalue weighted by Crippen LogP contribution is -3.05. The summed E-state index contributed by atoms with van der Waals surface area (Å²) in [6.07, 6.45) is 0.907. The Hall–Kier alpha value is -2.70. The molecule has 0 saturated heterocycles. The number of hydrogen-bond acceptors (Lipinski definition) is 4. The molecule has 0 aliphatic heterocycles. The maximum atomic E-state index is 13.2. The third-order valence-electron chi connectivity index (χ3n) is 4.43. The van der Waals surface area contributed by atoms with Crippen LogP contribution in [0.3, 0.4) is 0 Å². The summed E-state index contributed by atoms with van der Waals surface area (Å²) in [5.41, 5.74) is 2.58. The second-order valence-corrected chi connectivity index (χ2v) is 7.71. The van der Waals surface area contributed by atoms with Crippen molar-refractivity contribution in [2.24, 2.45) is 0 Å². The van der Waals surface area contributed by atoms with E-state index < -0.39 is 0 Å². The molecular formula is C22H26N3O2S+. The number of rotatable bonds is 8. The van der Waals surface area contributed by atoms with E-state index in [-0.39, 0.29) is 5.91 Å². The van der Waals surface area contributed by atoms with Crippen LogP contribution in [0.25, 0.3) is 11.3 Å². The molecule has 0 radical (unpaired) electrons. The van der Waals surface area contributed by atoms with Crippen molar-refractivity contribution in [1.29, 1.82) is 0 Å². The number of aromatic nitrogens is 1. The molecule has 1 aromatic heterocycles. The van der Waals surface area contributed by atoms with Gasteiger partial charge in [-0.25, -0.2) is 4.98 Å². The smallest absolute Gasteiger partial charge is 0.260 e. The summed E-state index contributed by atoms with van der Waals surface area (Å²) in [6.45, 7) is 1.63. The van der Waals surface area contributed by atoms with Crippen LogP contribution >= 0.6 is 11.3 Å². The van der Waals surface area contributed by atoms with E-state index in [0.29, 0.717) is 12.1 Å². The van der Waals surface area contributed by atoms with Crippen LogP contribution in [0.4, 0.5) is 5.13 Å². The molecule has 0 aliphatic rings. The monoisotopic (exact) mass is 396 g/mol. The minimum Gasteiger partial charge on any atom is -0.497 e. The SMILES string of the molecule is COc1ccc(C(=O)N(CCC[NH+](C)C)c2nc(-c3ccccc3)cs2)cc1. The summed E-state index contributed by atoms with van der Waals surface area (Å²) < 4.78 is 5.20. The minimum absolute atomic E-state index is 0.0367. The Labute approximate surface area is 170 Å². The van der Waals surface area contributed by atoms with Crippen molar-refractivity contribution >= 4 is 22.4 Å². The second kappa shape index (κ2) is 9.48. The van der Waals surface area contributed by atoms with Crippen LogP contribution in [0.2, 0.25) is 0 Å². The Bertz CT molecular complexity index is 892. The van der Waals surface area contributed by atoms with Gasteiger partial charge in [-0.3, -0.25) is 9.69 Å². The van der Waals surface area contributed by atoms with Crippen molar-refractivity contribution < 1.29 is 14.4 Å². The van der Waals surface area contributed by atoms with Gasteiger partial charge in [-0.1, -0.05) is 30.3 Å². The lowest BCUT2D eigenvalue weighted by atomic mass is 10.2. The Kier molecular flexibility index (Phi) is 6.79. The quantitative estimate of drug-likeness (QED) is 0.637. The maximum Gasteiger partial charge on any atom is 0.260 e. The minimum atomic E-state index is -0.0367. The van der Waals surface area contributed by atoms with Gasteiger partial charge in [0.2, 0.25) is 0 Å². The number of thiazole rings is 1. The highest BCUT2D eigenvalue weighted by Crippen LogP contribution is 2.28. The van der Waals surface area contributed by atoms with E-state index in [2.05, 4.69) is 14.1 Å². The first kappa shape index (κ1) is 20.0. The van der Waals surface area contributed by atoms with Gasteiger partial charge in [-0.15, -0.1) is 11.3 Å². The van der Waals surface area contributed by atoms with Crippen molar-refractivity contribution in [1.82, 2.24) is 4.98 Å². The number of amides is 1. The Morgan fingerprint density at radius 2 is 1.82 bits per heavy atom. The molecule has 28 heavy (non-hydrogen) atoms. The van der Waals surface area contributed by atoms with Gasteiger partial charge in [-0.2, -0.15) is 0 Å². The largest absolute Gasteiger partial charge is 0.497 e. The zero-order valence-electron chi connectivity index (χ0n) is 16.5. The molecule has 0 saturated carbocycles. The van der Waals surface area contributed by atoms with E-state index in [1.54, 1.807) is 24.1 Å². The van der Waals surface area contributed by atoms with E-state index in [9.17, 15) is 4.79 Å². The third-order valence-corrected chi connectivity index (χ3v) is 5.30. The van der Waals surface area contributed by atoms with Crippen LogP contribution in [0.15, 0.2) is 60.0 Å². The summed E-state index contributed by atoms with van der Waals surface area (Å²) in [5, 5.41) is 2.74. The molecule has 2 aromatic carbocycles. The van der Waals surface area contributed by atoms with Gasteiger partial charge in [0, 0.05) is 29.5 Å². The lowest BCUT2D eigenvalue weighted by Gasteiger charge is -2.20. The van der Waals surface area contributed by atoms with Crippen LogP contribution in [-0.4, -0.2) is 45.2 Å². The highest BCUT2D eigenvalue weighted by molar-refractivity contribution is 7.14. The molecule has 0 fully saturated rings. The summed E-state index contributed by atoms with van der Waals surface area (Å²) in [4.78, 5) is 21.1. The molecule has 3 rings (SSSR count). The molecule has 0 aliphatic carbocycles. The van der Waals surface area contributed by atoms with E-state index >= 15 is 0 Å². The van der Waals surface area contributed by atoms with Crippen LogP contribution in [0.5, 0.6) is 5.75 Å². The summed E-state index contributed by atoms with van der Waals surface area (Å²) in [7, 11) is 5.85. The molecule has 1 N–H and O–H groups in total. The molecule has 0 spiro atoms. The van der Waals surface area contributed by atoms with Crippen molar-refractivity contribution in [3.8, 4) is 17.0 Å². The predicted molar refractivity (Wildman–Crippen MR) is 115 cm³/mol. The molecule has 0 unspecified atom stereocenters. The first-order valence-corrected chi connectivity index (χ1v) is 10.2. The summed E-state index contributed by atoms with van der Waals surface area (Å²) in [5.74, 6) is 0.699. The Morgan fingerprint density at radius 3 is 2.46 bits per heavy atom. The first-order valence-electron chi connectivity index (χ1n) is 9.34. The van der Waals surface area contributed by atoms with E-state index in [1.165, 1.54) is 16.2 Å². The molecule has 1 heterocycles. The van der Waals surface area contributed by atoms with Gasteiger partial charge >= 0.3 is 0 Å². The van der Waals surface area contributed by atoms with Gasteiger partial charge < -0.3 is 9.64 Å². The topological polar surface area (TPSA) is 46.9 Å². The number of ether oxygens (including phenoxy) is 1. The van der Waals surface area contributed by atoms with E-state index in [4.69, 9.17) is 9.72 Å². The molecule has 146 valence electrons. The second-order valence-electron chi connectivity index (χ2n) is 6.88. The number of nitrogens with one attached hydrogen (secondary N) is 1. The van der Waals surface area contributed by atoms with E-state index in [1.807, 2.05) is 47.8 Å². The number of hydrogen-bond donors (Lipinski definition) is 1. The Balaban J connectivity index is 1.85. The molecule has 0 atom stereocenters. The molecule has 0 bridgehead atoms. The van der Waals surface area contributed by atoms with Crippen LogP contribution in [0.1, 0.15) is 16.8 Å². The number of benzene rings is 2. The number of methoxy groups -OCH3 is 1. The average molecular weight is 397 g/mol. The number of carbonyl (C=O) groups excluding carboxylic acids is 1. The molecular weight excluding hydrogens is 370 g/mol. The highest BCUT2D eigenvalue weighted by atomic mass is 32.1. The lowest BCUT2D eigenvalue weighted by molar-refractivity contribution is -0.858. The molecule has 1 amide bonds. The van der Waals surface area contributed by atoms with Gasteiger partial charge in [0.25, 0.3) is 5.91 Å². The van der Waals surface area contributed by atoms with Gasteiger partial charge in [0.1, 0.15) is 5.75 Å². The first-order chi connectivity index (χ1) is 13.6. The number of quaternary nitrogens is 1. The third kappa shape index (κ3) is 4.97. The van der Waals surface area contributed by atoms with Crippen molar-refractivity contribution in [2.75, 3.05) is 39.2 Å². The van der Waals surface area contributed by atoms with Crippen molar-refractivity contribution in [3.05, 3.63) is 65.5 Å². The summed E-state index contributed by atoms with van der Waals surface area (Å²) in [6, 6.07) is 17.3. The van der Waals surface area contributed by atoms with Crippen LogP contribution in [-0.2, 0) is 0 Å². The van der Waals surface area contributed by atoms with Crippen molar-refractivity contribution in [2.45, 2.75) is 6.42 Å². The zero-order chi connectivity index (χ0) is 19.9. The van der Waals surface area contributed by atoms with Gasteiger partial charge in [-0.05, 0) is 24.3 Å². The summed E-state index contributed by atoms with van der Waals surface area (Å²) >= 11 is 1.50. The zero-order valence-corrected chi connectivity index (χ0v) is 17.3. The fourth-order valence-corrected chi connectivity index (χ4v) is 3.75. The normalized spacial score (nSPS) is 10.9. The number of nitrogens with zero attached hydrogens (tertiary/aromatic N) is 2. The number of anilines is 1. The Morgan fingerprint density at radius 1 is 1.11 bits per heavy atom. The number of carbonyl (C=O) groups is 1. The highest BCUT2D eigenvalue weighted by Gasteiger charge is 2.21. The fourth-order valence-electron chi connectivity index (χ4n) is 2.89.